The van der Waals surface area contributed by atoms with Gasteiger partial charge in [0.2, 0.25) is 0 Å². The quantitative estimate of drug-likeness (QED) is 0.692. The third kappa shape index (κ3) is 3.71. The van der Waals surface area contributed by atoms with Crippen molar-refractivity contribution >= 4 is 0 Å². The molecule has 2 rings (SSSR count). The number of hydrogen-bond acceptors (Lipinski definition) is 1. The van der Waals surface area contributed by atoms with Gasteiger partial charge < -0.3 is 4.74 Å². The molecule has 0 spiro atoms. The van der Waals surface area contributed by atoms with Crippen LogP contribution in [0.25, 0.3) is 0 Å². The molecule has 2 aliphatic carbocycles. The standard InChI is InChI=1S/C16H30O/c1-3-13-4-8-15(9-5-13)16-10-6-14(7-11-16)12-17-2/h13-16H,3-12H2,1-2H3. The summed E-state index contributed by atoms with van der Waals surface area (Å²) in [6.07, 6.45) is 13.3. The fraction of sp³-hybridized carbons (Fsp3) is 1.00. The van der Waals surface area contributed by atoms with Gasteiger partial charge in [-0.1, -0.05) is 26.2 Å². The Bertz CT molecular complexity index is 198. The minimum Gasteiger partial charge on any atom is -0.384 e. The van der Waals surface area contributed by atoms with Crippen molar-refractivity contribution in [3.05, 3.63) is 0 Å². The molecule has 0 radical (unpaired) electrons. The minimum atomic E-state index is 0.864. The van der Waals surface area contributed by atoms with E-state index in [9.17, 15) is 0 Å². The van der Waals surface area contributed by atoms with Gasteiger partial charge in [0.1, 0.15) is 0 Å². The van der Waals surface area contributed by atoms with Crippen LogP contribution in [0.1, 0.15) is 64.7 Å². The molecule has 0 aromatic rings. The minimum absolute atomic E-state index is 0.864. The fourth-order valence-corrected chi connectivity index (χ4v) is 4.13. The van der Waals surface area contributed by atoms with Crippen molar-refractivity contribution in [2.45, 2.75) is 64.7 Å². The summed E-state index contributed by atoms with van der Waals surface area (Å²) in [7, 11) is 1.85. The zero-order valence-corrected chi connectivity index (χ0v) is 11.8. The van der Waals surface area contributed by atoms with Crippen molar-refractivity contribution in [3.8, 4) is 0 Å². The Morgan fingerprint density at radius 1 is 0.765 bits per heavy atom. The van der Waals surface area contributed by atoms with Crippen LogP contribution in [0.15, 0.2) is 0 Å². The Morgan fingerprint density at radius 3 is 1.65 bits per heavy atom. The maximum atomic E-state index is 5.29. The van der Waals surface area contributed by atoms with Gasteiger partial charge in [0.25, 0.3) is 0 Å². The Labute approximate surface area is 107 Å². The molecule has 0 unspecified atom stereocenters. The lowest BCUT2D eigenvalue weighted by Crippen LogP contribution is -2.26. The summed E-state index contributed by atoms with van der Waals surface area (Å²) in [5.74, 6) is 4.04. The molecule has 17 heavy (non-hydrogen) atoms. The van der Waals surface area contributed by atoms with E-state index in [-0.39, 0.29) is 0 Å². The number of rotatable bonds is 4. The van der Waals surface area contributed by atoms with Crippen molar-refractivity contribution in [1.29, 1.82) is 0 Å². The lowest BCUT2D eigenvalue weighted by molar-refractivity contribution is 0.0931. The molecule has 0 amide bonds. The first-order valence-corrected chi connectivity index (χ1v) is 7.82. The van der Waals surface area contributed by atoms with Crippen molar-refractivity contribution in [2.24, 2.45) is 23.7 Å². The molecule has 1 nitrogen and oxygen atoms in total. The molecule has 2 saturated carbocycles. The molecule has 0 aromatic carbocycles. The summed E-state index contributed by atoms with van der Waals surface area (Å²) < 4.78 is 5.29. The first-order chi connectivity index (χ1) is 8.33. The van der Waals surface area contributed by atoms with Gasteiger partial charge in [-0.25, -0.2) is 0 Å². The topological polar surface area (TPSA) is 9.23 Å². The lowest BCUT2D eigenvalue weighted by Gasteiger charge is -2.37. The van der Waals surface area contributed by atoms with Crippen LogP contribution in [0.5, 0.6) is 0 Å². The summed E-state index contributed by atoms with van der Waals surface area (Å²) in [5, 5.41) is 0. The molecule has 0 aliphatic heterocycles. The van der Waals surface area contributed by atoms with Crippen LogP contribution in [0.3, 0.4) is 0 Å². The molecular weight excluding hydrogens is 208 g/mol. The van der Waals surface area contributed by atoms with E-state index < -0.39 is 0 Å². The zero-order chi connectivity index (χ0) is 12.1. The lowest BCUT2D eigenvalue weighted by atomic mass is 9.69. The van der Waals surface area contributed by atoms with Gasteiger partial charge in [-0.05, 0) is 62.2 Å². The average Bonchev–Trinajstić information content (AvgIpc) is 2.40. The van der Waals surface area contributed by atoms with Crippen LogP contribution >= 0.6 is 0 Å². The Balaban J connectivity index is 1.70. The number of methoxy groups -OCH3 is 1. The molecule has 0 heterocycles. The highest BCUT2D eigenvalue weighted by atomic mass is 16.5. The van der Waals surface area contributed by atoms with Gasteiger partial charge in [0.15, 0.2) is 0 Å². The monoisotopic (exact) mass is 238 g/mol. The molecule has 0 bridgehead atoms. The molecular formula is C16H30O. The van der Waals surface area contributed by atoms with Gasteiger partial charge in [0, 0.05) is 13.7 Å². The van der Waals surface area contributed by atoms with E-state index in [1.54, 1.807) is 0 Å². The van der Waals surface area contributed by atoms with Gasteiger partial charge in [-0.2, -0.15) is 0 Å². The first-order valence-electron chi connectivity index (χ1n) is 7.82. The maximum absolute atomic E-state index is 5.29. The third-order valence-electron chi connectivity index (χ3n) is 5.43. The number of hydrogen-bond donors (Lipinski definition) is 0. The third-order valence-corrected chi connectivity index (χ3v) is 5.43. The SMILES string of the molecule is CCC1CCC(C2CCC(COC)CC2)CC1. The second-order valence-electron chi connectivity index (χ2n) is 6.43. The van der Waals surface area contributed by atoms with Gasteiger partial charge >= 0.3 is 0 Å². The molecule has 0 N–H and O–H groups in total. The highest BCUT2D eigenvalue weighted by molar-refractivity contribution is 4.81. The van der Waals surface area contributed by atoms with Gasteiger partial charge in [0.05, 0.1) is 0 Å². The van der Waals surface area contributed by atoms with Crippen LogP contribution in [0.4, 0.5) is 0 Å². The van der Waals surface area contributed by atoms with E-state index >= 15 is 0 Å². The van der Waals surface area contributed by atoms with E-state index in [1.807, 2.05) is 7.11 Å². The van der Waals surface area contributed by atoms with Crippen LogP contribution in [-0.2, 0) is 4.74 Å². The van der Waals surface area contributed by atoms with E-state index in [0.29, 0.717) is 0 Å². The Morgan fingerprint density at radius 2 is 1.24 bits per heavy atom. The van der Waals surface area contributed by atoms with Crippen LogP contribution in [-0.4, -0.2) is 13.7 Å². The van der Waals surface area contributed by atoms with E-state index in [1.165, 1.54) is 57.8 Å². The van der Waals surface area contributed by atoms with Crippen LogP contribution < -0.4 is 0 Å². The highest BCUT2D eigenvalue weighted by Gasteiger charge is 2.30. The Kier molecular flexibility index (Phi) is 5.34. The van der Waals surface area contributed by atoms with E-state index in [0.717, 1.165) is 30.3 Å². The predicted molar refractivity (Wildman–Crippen MR) is 73.1 cm³/mol. The van der Waals surface area contributed by atoms with Crippen LogP contribution in [0.2, 0.25) is 0 Å². The van der Waals surface area contributed by atoms with Gasteiger partial charge in [-0.3, -0.25) is 0 Å². The smallest absolute Gasteiger partial charge is 0.0490 e. The maximum Gasteiger partial charge on any atom is 0.0490 e. The summed E-state index contributed by atoms with van der Waals surface area (Å²) >= 11 is 0. The second kappa shape index (κ2) is 6.78. The van der Waals surface area contributed by atoms with Crippen LogP contribution in [0, 0.1) is 23.7 Å². The average molecular weight is 238 g/mol. The fourth-order valence-electron chi connectivity index (χ4n) is 4.13. The van der Waals surface area contributed by atoms with Crippen molar-refractivity contribution < 1.29 is 4.74 Å². The van der Waals surface area contributed by atoms with Crippen molar-refractivity contribution in [2.75, 3.05) is 13.7 Å². The second-order valence-corrected chi connectivity index (χ2v) is 6.43. The van der Waals surface area contributed by atoms with E-state index in [4.69, 9.17) is 4.74 Å². The van der Waals surface area contributed by atoms with E-state index in [2.05, 4.69) is 6.92 Å². The summed E-state index contributed by atoms with van der Waals surface area (Å²) in [6, 6.07) is 0. The number of ether oxygens (including phenoxy) is 1. The first kappa shape index (κ1) is 13.4. The molecule has 1 heteroatoms. The molecule has 0 aromatic heterocycles. The van der Waals surface area contributed by atoms with Gasteiger partial charge in [-0.15, -0.1) is 0 Å². The largest absolute Gasteiger partial charge is 0.384 e. The molecule has 2 aliphatic rings. The molecule has 100 valence electrons. The summed E-state index contributed by atoms with van der Waals surface area (Å²) in [6.45, 7) is 3.36. The van der Waals surface area contributed by atoms with Crippen molar-refractivity contribution in [1.82, 2.24) is 0 Å². The molecule has 0 atom stereocenters. The predicted octanol–water partition coefficient (Wildman–Crippen LogP) is 4.66. The summed E-state index contributed by atoms with van der Waals surface area (Å²) in [4.78, 5) is 0. The normalized spacial score (nSPS) is 39.2. The zero-order valence-electron chi connectivity index (χ0n) is 11.8. The summed E-state index contributed by atoms with van der Waals surface area (Å²) in [5.41, 5.74) is 0. The Hall–Kier alpha value is -0.0400. The van der Waals surface area contributed by atoms with Crippen molar-refractivity contribution in [3.63, 3.8) is 0 Å². The highest BCUT2D eigenvalue weighted by Crippen LogP contribution is 2.41. The molecule has 0 saturated heterocycles. The molecule has 2 fully saturated rings.